The molecule has 0 saturated carbocycles. The Hall–Kier alpha value is -1.88. The first kappa shape index (κ1) is 12.6. The van der Waals surface area contributed by atoms with Gasteiger partial charge in [0, 0.05) is 6.42 Å². The molecular formula is C13H14O5. The number of ether oxygens (including phenoxy) is 2. The van der Waals surface area contributed by atoms with Crippen LogP contribution in [0.25, 0.3) is 0 Å². The van der Waals surface area contributed by atoms with Gasteiger partial charge in [-0.3, -0.25) is 4.79 Å². The molecule has 1 heterocycles. The lowest BCUT2D eigenvalue weighted by Crippen LogP contribution is -2.07. The number of hydrogen-bond donors (Lipinski definition) is 1. The van der Waals surface area contributed by atoms with Gasteiger partial charge in [0.1, 0.15) is 11.9 Å². The van der Waals surface area contributed by atoms with Crippen LogP contribution in [0.15, 0.2) is 24.3 Å². The van der Waals surface area contributed by atoms with Crippen molar-refractivity contribution in [3.63, 3.8) is 0 Å². The second-order valence-electron chi connectivity index (χ2n) is 4.11. The van der Waals surface area contributed by atoms with Gasteiger partial charge in [-0.2, -0.15) is 0 Å². The Labute approximate surface area is 104 Å². The van der Waals surface area contributed by atoms with Crippen molar-refractivity contribution in [3.8, 4) is 5.75 Å². The van der Waals surface area contributed by atoms with Crippen LogP contribution in [0.3, 0.4) is 0 Å². The van der Waals surface area contributed by atoms with Gasteiger partial charge < -0.3 is 14.6 Å². The molecule has 5 nitrogen and oxygen atoms in total. The van der Waals surface area contributed by atoms with E-state index in [1.807, 2.05) is 6.92 Å². The molecule has 1 aromatic carbocycles. The summed E-state index contributed by atoms with van der Waals surface area (Å²) in [5.74, 6) is -0.764. The van der Waals surface area contributed by atoms with Gasteiger partial charge in [-0.15, -0.1) is 0 Å². The van der Waals surface area contributed by atoms with Gasteiger partial charge in [0.05, 0.1) is 0 Å². The zero-order valence-electron chi connectivity index (χ0n) is 9.96. The molecule has 0 bridgehead atoms. The van der Waals surface area contributed by atoms with Crippen molar-refractivity contribution in [1.29, 1.82) is 0 Å². The zero-order valence-corrected chi connectivity index (χ0v) is 9.96. The largest absolute Gasteiger partial charge is 0.479 e. The fourth-order valence-electron chi connectivity index (χ4n) is 1.67. The van der Waals surface area contributed by atoms with Crippen LogP contribution in [0, 0.1) is 0 Å². The predicted octanol–water partition coefficient (Wildman–Crippen LogP) is 1.92. The molecule has 1 aliphatic rings. The average molecular weight is 250 g/mol. The molecule has 1 N–H and O–H groups in total. The fourth-order valence-corrected chi connectivity index (χ4v) is 1.67. The number of carbonyl (C=O) groups excluding carboxylic acids is 1. The van der Waals surface area contributed by atoms with Gasteiger partial charge in [0.2, 0.25) is 0 Å². The molecule has 1 saturated heterocycles. The Kier molecular flexibility index (Phi) is 3.62. The highest BCUT2D eigenvalue weighted by molar-refractivity contribution is 5.76. The van der Waals surface area contributed by atoms with Crippen molar-refractivity contribution < 1.29 is 24.2 Å². The third kappa shape index (κ3) is 2.87. The molecule has 0 unspecified atom stereocenters. The lowest BCUT2D eigenvalue weighted by Gasteiger charge is -2.03. The molecular weight excluding hydrogens is 236 g/mol. The van der Waals surface area contributed by atoms with Gasteiger partial charge in [-0.05, 0) is 24.1 Å². The predicted molar refractivity (Wildman–Crippen MR) is 62.2 cm³/mol. The topological polar surface area (TPSA) is 76.1 Å². The molecule has 0 aliphatic carbocycles. The van der Waals surface area contributed by atoms with Crippen LogP contribution in [-0.4, -0.2) is 23.1 Å². The van der Waals surface area contributed by atoms with E-state index >= 15 is 0 Å². The summed E-state index contributed by atoms with van der Waals surface area (Å²) in [7, 11) is 0. The molecule has 96 valence electrons. The first-order valence-electron chi connectivity index (χ1n) is 5.80. The number of carbonyl (C=O) groups is 2. The van der Waals surface area contributed by atoms with E-state index in [-0.39, 0.29) is 12.1 Å². The Balaban J connectivity index is 1.94. The van der Waals surface area contributed by atoms with Crippen molar-refractivity contribution >= 4 is 11.9 Å². The molecule has 1 aliphatic heterocycles. The van der Waals surface area contributed by atoms with Gasteiger partial charge in [-0.25, -0.2) is 4.79 Å². The van der Waals surface area contributed by atoms with E-state index in [2.05, 4.69) is 0 Å². The summed E-state index contributed by atoms with van der Waals surface area (Å²) in [6, 6.07) is 6.71. The normalized spacial score (nSPS) is 21.4. The summed E-state index contributed by atoms with van der Waals surface area (Å²) in [5, 5.41) is 8.72. The molecule has 2 atom stereocenters. The minimum absolute atomic E-state index is 0.267. The number of benzene rings is 1. The first-order valence-corrected chi connectivity index (χ1v) is 5.80. The van der Waals surface area contributed by atoms with Gasteiger partial charge in [-0.1, -0.05) is 19.1 Å². The number of esters is 1. The van der Waals surface area contributed by atoms with Gasteiger partial charge in [0.15, 0.2) is 6.10 Å². The Morgan fingerprint density at radius 3 is 2.50 bits per heavy atom. The molecule has 0 spiro atoms. The molecule has 1 aromatic rings. The molecule has 0 amide bonds. The summed E-state index contributed by atoms with van der Waals surface area (Å²) in [4.78, 5) is 21.9. The maximum absolute atomic E-state index is 11.3. The van der Waals surface area contributed by atoms with E-state index in [0.29, 0.717) is 12.2 Å². The lowest BCUT2D eigenvalue weighted by atomic mass is 10.1. The molecule has 1 fully saturated rings. The van der Waals surface area contributed by atoms with E-state index in [0.717, 1.165) is 12.0 Å². The fraction of sp³-hybridized carbons (Fsp3) is 0.385. The SMILES string of the molecule is CCCC(=O)Oc1ccc([C@@H]2O[C@H]2C(=O)O)cc1. The van der Waals surface area contributed by atoms with Crippen LogP contribution in [-0.2, 0) is 14.3 Å². The number of hydrogen-bond acceptors (Lipinski definition) is 4. The summed E-state index contributed by atoms with van der Waals surface area (Å²) in [6.07, 6.45) is -0.0109. The van der Waals surface area contributed by atoms with Crippen molar-refractivity contribution in [2.45, 2.75) is 32.0 Å². The van der Waals surface area contributed by atoms with Crippen LogP contribution < -0.4 is 4.74 Å². The summed E-state index contributed by atoms with van der Waals surface area (Å²) in [5.41, 5.74) is 0.776. The second kappa shape index (κ2) is 5.18. The number of carboxylic acids is 1. The lowest BCUT2D eigenvalue weighted by molar-refractivity contribution is -0.138. The highest BCUT2D eigenvalue weighted by atomic mass is 16.6. The Morgan fingerprint density at radius 1 is 1.33 bits per heavy atom. The third-order valence-electron chi connectivity index (χ3n) is 2.63. The second-order valence-corrected chi connectivity index (χ2v) is 4.11. The summed E-state index contributed by atoms with van der Waals surface area (Å²) >= 11 is 0. The molecule has 0 radical (unpaired) electrons. The van der Waals surface area contributed by atoms with E-state index in [9.17, 15) is 9.59 Å². The van der Waals surface area contributed by atoms with Crippen LogP contribution >= 0.6 is 0 Å². The minimum atomic E-state index is -0.960. The van der Waals surface area contributed by atoms with Crippen LogP contribution in [0.5, 0.6) is 5.75 Å². The van der Waals surface area contributed by atoms with Crippen molar-refractivity contribution in [3.05, 3.63) is 29.8 Å². The highest BCUT2D eigenvalue weighted by Gasteiger charge is 2.46. The molecule has 2 rings (SSSR count). The van der Waals surface area contributed by atoms with Crippen LogP contribution in [0.4, 0.5) is 0 Å². The minimum Gasteiger partial charge on any atom is -0.479 e. The number of rotatable bonds is 5. The van der Waals surface area contributed by atoms with E-state index < -0.39 is 12.1 Å². The zero-order chi connectivity index (χ0) is 13.1. The van der Waals surface area contributed by atoms with Crippen LogP contribution in [0.2, 0.25) is 0 Å². The highest BCUT2D eigenvalue weighted by Crippen LogP contribution is 2.39. The molecule has 0 aromatic heterocycles. The Bertz CT molecular complexity index is 451. The van der Waals surface area contributed by atoms with Crippen LogP contribution in [0.1, 0.15) is 31.4 Å². The monoisotopic (exact) mass is 250 g/mol. The maximum atomic E-state index is 11.3. The standard InChI is InChI=1S/C13H14O5/c1-2-3-10(14)17-9-6-4-8(5-7-9)11-12(18-11)13(15)16/h4-7,11-12H,2-3H2,1H3,(H,15,16)/t11-,12+/m0/s1. The molecule has 5 heteroatoms. The summed E-state index contributed by atoms with van der Waals surface area (Å²) < 4.78 is 10.1. The number of aliphatic carboxylic acids is 1. The smallest absolute Gasteiger partial charge is 0.335 e. The molecule has 18 heavy (non-hydrogen) atoms. The number of carboxylic acid groups (broad SMARTS) is 1. The van der Waals surface area contributed by atoms with E-state index in [1.165, 1.54) is 0 Å². The number of epoxide rings is 1. The Morgan fingerprint density at radius 2 is 2.00 bits per heavy atom. The van der Waals surface area contributed by atoms with Crippen molar-refractivity contribution in [2.24, 2.45) is 0 Å². The van der Waals surface area contributed by atoms with Gasteiger partial charge >= 0.3 is 11.9 Å². The van der Waals surface area contributed by atoms with Crippen molar-refractivity contribution in [1.82, 2.24) is 0 Å². The average Bonchev–Trinajstić information content (AvgIpc) is 3.10. The quantitative estimate of drug-likeness (QED) is 0.491. The first-order chi connectivity index (χ1) is 8.61. The van der Waals surface area contributed by atoms with E-state index in [1.54, 1.807) is 24.3 Å². The maximum Gasteiger partial charge on any atom is 0.335 e. The summed E-state index contributed by atoms with van der Waals surface area (Å²) in [6.45, 7) is 1.90. The van der Waals surface area contributed by atoms with E-state index in [4.69, 9.17) is 14.6 Å². The van der Waals surface area contributed by atoms with Gasteiger partial charge in [0.25, 0.3) is 0 Å². The van der Waals surface area contributed by atoms with Crippen molar-refractivity contribution in [2.75, 3.05) is 0 Å². The third-order valence-corrected chi connectivity index (χ3v) is 2.63.